The summed E-state index contributed by atoms with van der Waals surface area (Å²) in [5.41, 5.74) is 1.18. The van der Waals surface area contributed by atoms with E-state index < -0.39 is 0 Å². The third-order valence-corrected chi connectivity index (χ3v) is 2.41. The van der Waals surface area contributed by atoms with Gasteiger partial charge in [-0.3, -0.25) is 4.79 Å². The molecule has 0 atom stereocenters. The molecular formula is C13H19NO2. The highest BCUT2D eigenvalue weighted by Gasteiger charge is 2.07. The summed E-state index contributed by atoms with van der Waals surface area (Å²) in [6.45, 7) is 4.67. The van der Waals surface area contributed by atoms with Gasteiger partial charge in [-0.05, 0) is 17.5 Å². The van der Waals surface area contributed by atoms with Crippen molar-refractivity contribution in [2.24, 2.45) is 0 Å². The van der Waals surface area contributed by atoms with Crippen molar-refractivity contribution in [3.8, 4) is 5.75 Å². The molecule has 1 aromatic carbocycles. The largest absolute Gasteiger partial charge is 0.493 e. The Hall–Kier alpha value is -1.51. The molecule has 0 saturated carbocycles. The van der Waals surface area contributed by atoms with Gasteiger partial charge in [-0.2, -0.15) is 0 Å². The zero-order valence-corrected chi connectivity index (χ0v) is 10.1. The zero-order chi connectivity index (χ0) is 12.0. The molecule has 0 aliphatic rings. The normalized spacial score (nSPS) is 10.2. The van der Waals surface area contributed by atoms with Gasteiger partial charge in [0.1, 0.15) is 5.75 Å². The van der Waals surface area contributed by atoms with Crippen LogP contribution in [0.4, 0.5) is 0 Å². The summed E-state index contributed by atoms with van der Waals surface area (Å²) in [4.78, 5) is 11.0. The SMILES string of the molecule is CNC(=O)CCOc1ccccc1C(C)C. The molecule has 1 rings (SSSR count). The second kappa shape index (κ2) is 6.16. The molecule has 0 fully saturated rings. The first-order valence-corrected chi connectivity index (χ1v) is 5.57. The van der Waals surface area contributed by atoms with Crippen LogP contribution in [0.5, 0.6) is 5.75 Å². The zero-order valence-electron chi connectivity index (χ0n) is 10.1. The monoisotopic (exact) mass is 221 g/mol. The first kappa shape index (κ1) is 12.6. The quantitative estimate of drug-likeness (QED) is 0.828. The Morgan fingerprint density at radius 1 is 1.38 bits per heavy atom. The van der Waals surface area contributed by atoms with Crippen molar-refractivity contribution < 1.29 is 9.53 Å². The fourth-order valence-corrected chi connectivity index (χ4v) is 1.47. The molecule has 0 aliphatic carbocycles. The predicted octanol–water partition coefficient (Wildman–Crippen LogP) is 2.32. The lowest BCUT2D eigenvalue weighted by molar-refractivity contribution is -0.121. The van der Waals surface area contributed by atoms with Crippen LogP contribution in [0.2, 0.25) is 0 Å². The number of para-hydroxylation sites is 1. The fourth-order valence-electron chi connectivity index (χ4n) is 1.47. The Kier molecular flexibility index (Phi) is 4.83. The fraction of sp³-hybridized carbons (Fsp3) is 0.462. The number of hydrogen-bond donors (Lipinski definition) is 1. The van der Waals surface area contributed by atoms with Crippen LogP contribution in [0.15, 0.2) is 24.3 Å². The first-order valence-electron chi connectivity index (χ1n) is 5.57. The van der Waals surface area contributed by atoms with Gasteiger partial charge in [-0.25, -0.2) is 0 Å². The molecule has 0 unspecified atom stereocenters. The Bertz CT molecular complexity index is 348. The number of benzene rings is 1. The Labute approximate surface area is 96.8 Å². The maximum atomic E-state index is 11.0. The number of amides is 1. The van der Waals surface area contributed by atoms with Crippen molar-refractivity contribution in [1.29, 1.82) is 0 Å². The van der Waals surface area contributed by atoms with Crippen LogP contribution in [-0.4, -0.2) is 19.6 Å². The van der Waals surface area contributed by atoms with Crippen molar-refractivity contribution >= 4 is 5.91 Å². The molecule has 1 amide bonds. The Morgan fingerprint density at radius 2 is 2.06 bits per heavy atom. The van der Waals surface area contributed by atoms with E-state index in [1.54, 1.807) is 7.05 Å². The van der Waals surface area contributed by atoms with E-state index in [0.29, 0.717) is 18.9 Å². The van der Waals surface area contributed by atoms with Crippen LogP contribution >= 0.6 is 0 Å². The van der Waals surface area contributed by atoms with E-state index in [-0.39, 0.29) is 5.91 Å². The van der Waals surface area contributed by atoms with Crippen molar-refractivity contribution in [2.45, 2.75) is 26.2 Å². The molecule has 0 aromatic heterocycles. The van der Waals surface area contributed by atoms with Crippen LogP contribution < -0.4 is 10.1 Å². The van der Waals surface area contributed by atoms with Gasteiger partial charge < -0.3 is 10.1 Å². The smallest absolute Gasteiger partial charge is 0.223 e. The second-order valence-electron chi connectivity index (χ2n) is 3.96. The highest BCUT2D eigenvalue weighted by molar-refractivity contribution is 5.75. The number of carbonyl (C=O) groups excluding carboxylic acids is 1. The summed E-state index contributed by atoms with van der Waals surface area (Å²) in [7, 11) is 1.63. The predicted molar refractivity (Wildman–Crippen MR) is 64.7 cm³/mol. The van der Waals surface area contributed by atoms with Gasteiger partial charge in [-0.1, -0.05) is 32.0 Å². The molecule has 0 saturated heterocycles. The second-order valence-corrected chi connectivity index (χ2v) is 3.96. The molecule has 1 N–H and O–H groups in total. The summed E-state index contributed by atoms with van der Waals surface area (Å²) >= 11 is 0. The van der Waals surface area contributed by atoms with E-state index in [4.69, 9.17) is 4.74 Å². The lowest BCUT2D eigenvalue weighted by Crippen LogP contribution is -2.20. The minimum absolute atomic E-state index is 0.00188. The van der Waals surface area contributed by atoms with Gasteiger partial charge >= 0.3 is 0 Å². The van der Waals surface area contributed by atoms with Gasteiger partial charge in [0.05, 0.1) is 13.0 Å². The average molecular weight is 221 g/mol. The van der Waals surface area contributed by atoms with E-state index in [1.165, 1.54) is 5.56 Å². The van der Waals surface area contributed by atoms with E-state index in [9.17, 15) is 4.79 Å². The standard InChI is InChI=1S/C13H19NO2/c1-10(2)11-6-4-5-7-12(11)16-9-8-13(15)14-3/h4-7,10H,8-9H2,1-3H3,(H,14,15). The summed E-state index contributed by atoms with van der Waals surface area (Å²) < 4.78 is 5.61. The Balaban J connectivity index is 2.56. The lowest BCUT2D eigenvalue weighted by atomic mass is 10.0. The minimum Gasteiger partial charge on any atom is -0.493 e. The molecule has 3 nitrogen and oxygen atoms in total. The molecule has 88 valence electrons. The number of ether oxygens (including phenoxy) is 1. The van der Waals surface area contributed by atoms with E-state index in [2.05, 4.69) is 25.2 Å². The Morgan fingerprint density at radius 3 is 2.69 bits per heavy atom. The molecule has 0 radical (unpaired) electrons. The van der Waals surface area contributed by atoms with Gasteiger partial charge in [0, 0.05) is 7.05 Å². The number of carbonyl (C=O) groups is 1. The molecule has 0 spiro atoms. The van der Waals surface area contributed by atoms with Crippen molar-refractivity contribution in [2.75, 3.05) is 13.7 Å². The highest BCUT2D eigenvalue weighted by Crippen LogP contribution is 2.25. The van der Waals surface area contributed by atoms with E-state index in [0.717, 1.165) is 5.75 Å². The maximum Gasteiger partial charge on any atom is 0.223 e. The van der Waals surface area contributed by atoms with E-state index in [1.807, 2.05) is 18.2 Å². The number of nitrogens with one attached hydrogen (secondary N) is 1. The summed E-state index contributed by atoms with van der Waals surface area (Å²) in [6, 6.07) is 7.95. The van der Waals surface area contributed by atoms with Gasteiger partial charge in [-0.15, -0.1) is 0 Å². The van der Waals surface area contributed by atoms with Crippen molar-refractivity contribution in [1.82, 2.24) is 5.32 Å². The first-order chi connectivity index (χ1) is 7.65. The summed E-state index contributed by atoms with van der Waals surface area (Å²) in [6.07, 6.45) is 0.392. The average Bonchev–Trinajstić information content (AvgIpc) is 2.29. The van der Waals surface area contributed by atoms with Crippen LogP contribution in [0.1, 0.15) is 31.7 Å². The molecule has 16 heavy (non-hydrogen) atoms. The van der Waals surface area contributed by atoms with E-state index >= 15 is 0 Å². The molecule has 3 heteroatoms. The number of rotatable bonds is 5. The lowest BCUT2D eigenvalue weighted by Gasteiger charge is -2.13. The van der Waals surface area contributed by atoms with Crippen LogP contribution in [0, 0.1) is 0 Å². The third kappa shape index (κ3) is 3.57. The summed E-state index contributed by atoms with van der Waals surface area (Å²) in [5, 5.41) is 2.57. The van der Waals surface area contributed by atoms with Gasteiger partial charge in [0.2, 0.25) is 5.91 Å². The highest BCUT2D eigenvalue weighted by atomic mass is 16.5. The van der Waals surface area contributed by atoms with Crippen molar-refractivity contribution in [3.05, 3.63) is 29.8 Å². The molecule has 1 aromatic rings. The van der Waals surface area contributed by atoms with Crippen LogP contribution in [0.25, 0.3) is 0 Å². The molecular weight excluding hydrogens is 202 g/mol. The van der Waals surface area contributed by atoms with Crippen molar-refractivity contribution in [3.63, 3.8) is 0 Å². The molecule has 0 bridgehead atoms. The molecule has 0 heterocycles. The number of hydrogen-bond acceptors (Lipinski definition) is 2. The minimum atomic E-state index is 0.00188. The summed E-state index contributed by atoms with van der Waals surface area (Å²) in [5.74, 6) is 1.31. The van der Waals surface area contributed by atoms with Gasteiger partial charge in [0.25, 0.3) is 0 Å². The maximum absolute atomic E-state index is 11.0. The topological polar surface area (TPSA) is 38.3 Å². The van der Waals surface area contributed by atoms with Gasteiger partial charge in [0.15, 0.2) is 0 Å². The third-order valence-electron chi connectivity index (χ3n) is 2.41. The van der Waals surface area contributed by atoms with Crippen LogP contribution in [-0.2, 0) is 4.79 Å². The van der Waals surface area contributed by atoms with Crippen LogP contribution in [0.3, 0.4) is 0 Å². The molecule has 0 aliphatic heterocycles.